The second-order valence-electron chi connectivity index (χ2n) is 10.9. The van der Waals surface area contributed by atoms with Crippen LogP contribution in [0.1, 0.15) is 43.7 Å². The van der Waals surface area contributed by atoms with Gasteiger partial charge in [-0.25, -0.2) is 9.18 Å². The van der Waals surface area contributed by atoms with Crippen LogP contribution in [0.15, 0.2) is 72.8 Å². The number of benzene rings is 3. The molecule has 0 aromatic heterocycles. The van der Waals surface area contributed by atoms with E-state index in [0.717, 1.165) is 54.9 Å². The fraction of sp³-hybridized carbons (Fsp3) is 0.333. The number of methoxy groups -OCH3 is 1. The van der Waals surface area contributed by atoms with E-state index in [4.69, 9.17) is 25.2 Å². The summed E-state index contributed by atoms with van der Waals surface area (Å²) in [6, 6.07) is 23.1. The number of carbonyl (C=O) groups excluding carboxylic acids is 1. The number of aliphatic carboxylic acids is 3. The normalized spacial score (nSPS) is 14.4. The van der Waals surface area contributed by atoms with Gasteiger partial charge >= 0.3 is 17.9 Å². The van der Waals surface area contributed by atoms with Gasteiger partial charge in [0, 0.05) is 32.1 Å². The van der Waals surface area contributed by atoms with Crippen molar-refractivity contribution in [2.24, 2.45) is 0 Å². The van der Waals surface area contributed by atoms with Gasteiger partial charge in [-0.1, -0.05) is 54.6 Å². The number of amides is 1. The largest absolute Gasteiger partial charge is 0.496 e. The molecule has 0 bridgehead atoms. The minimum atomic E-state index is -2.74. The Morgan fingerprint density at radius 2 is 1.44 bits per heavy atom. The van der Waals surface area contributed by atoms with E-state index in [0.29, 0.717) is 0 Å². The lowest BCUT2D eigenvalue weighted by molar-refractivity contribution is -0.170. The van der Waals surface area contributed by atoms with Gasteiger partial charge in [0.1, 0.15) is 11.6 Å². The van der Waals surface area contributed by atoms with Gasteiger partial charge in [-0.15, -0.1) is 0 Å². The Labute approximate surface area is 259 Å². The summed E-state index contributed by atoms with van der Waals surface area (Å²) in [6.45, 7) is 4.10. The van der Waals surface area contributed by atoms with E-state index >= 15 is 0 Å². The summed E-state index contributed by atoms with van der Waals surface area (Å²) in [5, 5.41) is 37.0. The summed E-state index contributed by atoms with van der Waals surface area (Å²) in [6.07, 6.45) is -0.710. The molecule has 0 radical (unpaired) electrons. The second kappa shape index (κ2) is 15.3. The number of ether oxygens (including phenoxy) is 1. The van der Waals surface area contributed by atoms with Crippen LogP contribution in [0.5, 0.6) is 5.75 Å². The van der Waals surface area contributed by atoms with Crippen molar-refractivity contribution in [3.8, 4) is 16.9 Å². The molecule has 45 heavy (non-hydrogen) atoms. The van der Waals surface area contributed by atoms with Crippen molar-refractivity contribution in [1.82, 2.24) is 10.2 Å². The molecule has 0 spiro atoms. The maximum atomic E-state index is 13.4. The Bertz CT molecular complexity index is 1470. The third-order valence-corrected chi connectivity index (χ3v) is 7.59. The van der Waals surface area contributed by atoms with Gasteiger partial charge in [0.2, 0.25) is 5.91 Å². The SMILES string of the molecule is COc1ccccc1-c1ccc(CN2CCC(NC(C)=O)(c3ccc(F)cc3)CC2)cc1.O=C(O)CC(O)(CC(=O)O)C(=O)O. The molecule has 1 saturated heterocycles. The Hall–Kier alpha value is -4.81. The third kappa shape index (κ3) is 9.59. The van der Waals surface area contributed by atoms with Gasteiger partial charge in [0.15, 0.2) is 5.60 Å². The van der Waals surface area contributed by atoms with Gasteiger partial charge < -0.3 is 30.5 Å². The van der Waals surface area contributed by atoms with E-state index < -0.39 is 41.9 Å². The lowest BCUT2D eigenvalue weighted by atomic mass is 9.80. The van der Waals surface area contributed by atoms with Crippen LogP contribution in [-0.4, -0.2) is 74.9 Å². The van der Waals surface area contributed by atoms with E-state index in [1.54, 1.807) is 26.2 Å². The molecule has 4 rings (SSSR count). The molecule has 1 fully saturated rings. The molecule has 11 nitrogen and oxygen atoms in total. The highest BCUT2D eigenvalue weighted by Gasteiger charge is 2.41. The molecule has 240 valence electrons. The Balaban J connectivity index is 0.000000360. The number of likely N-dealkylation sites (tertiary alicyclic amines) is 1. The highest BCUT2D eigenvalue weighted by Crippen LogP contribution is 2.34. The van der Waals surface area contributed by atoms with E-state index in [-0.39, 0.29) is 11.7 Å². The first kappa shape index (κ1) is 34.7. The number of para-hydroxylation sites is 1. The Kier molecular flexibility index (Phi) is 11.8. The summed E-state index contributed by atoms with van der Waals surface area (Å²) in [5.41, 5.74) is 1.25. The molecule has 0 unspecified atom stereocenters. The van der Waals surface area contributed by atoms with E-state index in [2.05, 4.69) is 40.5 Å². The summed E-state index contributed by atoms with van der Waals surface area (Å²) < 4.78 is 18.9. The molecular weight excluding hydrogens is 587 g/mol. The Morgan fingerprint density at radius 1 is 0.889 bits per heavy atom. The monoisotopic (exact) mass is 624 g/mol. The van der Waals surface area contributed by atoms with Gasteiger partial charge in [0.25, 0.3) is 0 Å². The number of hydrogen-bond acceptors (Lipinski definition) is 7. The van der Waals surface area contributed by atoms with Crippen molar-refractivity contribution in [3.63, 3.8) is 0 Å². The van der Waals surface area contributed by atoms with Crippen LogP contribution in [0.4, 0.5) is 4.39 Å². The zero-order chi connectivity index (χ0) is 33.2. The Morgan fingerprint density at radius 3 is 1.93 bits per heavy atom. The number of carboxylic acid groups (broad SMARTS) is 3. The number of nitrogens with zero attached hydrogens (tertiary/aromatic N) is 1. The number of nitrogens with one attached hydrogen (secondary N) is 1. The number of halogens is 1. The lowest BCUT2D eigenvalue weighted by Gasteiger charge is -2.42. The van der Waals surface area contributed by atoms with Gasteiger partial charge in [0.05, 0.1) is 25.5 Å². The molecule has 0 aliphatic carbocycles. The van der Waals surface area contributed by atoms with Crippen molar-refractivity contribution >= 4 is 23.8 Å². The zero-order valence-electron chi connectivity index (χ0n) is 25.0. The first-order chi connectivity index (χ1) is 21.3. The molecule has 1 aliphatic rings. The van der Waals surface area contributed by atoms with Crippen LogP contribution >= 0.6 is 0 Å². The highest BCUT2D eigenvalue weighted by atomic mass is 19.1. The maximum Gasteiger partial charge on any atom is 0.336 e. The quantitative estimate of drug-likeness (QED) is 0.211. The minimum absolute atomic E-state index is 0.0605. The first-order valence-electron chi connectivity index (χ1n) is 14.2. The topological polar surface area (TPSA) is 174 Å². The maximum absolute atomic E-state index is 13.4. The summed E-state index contributed by atoms with van der Waals surface area (Å²) in [7, 11) is 1.69. The molecule has 5 N–H and O–H groups in total. The molecule has 0 atom stereocenters. The molecule has 1 heterocycles. The van der Waals surface area contributed by atoms with Crippen molar-refractivity contribution in [1.29, 1.82) is 0 Å². The van der Waals surface area contributed by atoms with Crippen molar-refractivity contribution < 1.29 is 48.7 Å². The molecule has 1 aliphatic heterocycles. The van der Waals surface area contributed by atoms with Crippen LogP contribution in [-0.2, 0) is 31.3 Å². The number of carbonyl (C=O) groups is 4. The van der Waals surface area contributed by atoms with Gasteiger partial charge in [-0.2, -0.15) is 0 Å². The smallest absolute Gasteiger partial charge is 0.336 e. The van der Waals surface area contributed by atoms with Crippen LogP contribution in [0.3, 0.4) is 0 Å². The van der Waals surface area contributed by atoms with E-state index in [9.17, 15) is 23.6 Å². The lowest BCUT2D eigenvalue weighted by Crippen LogP contribution is -2.52. The third-order valence-electron chi connectivity index (χ3n) is 7.59. The number of carboxylic acids is 3. The van der Waals surface area contributed by atoms with Crippen molar-refractivity contribution in [2.45, 2.75) is 50.3 Å². The fourth-order valence-corrected chi connectivity index (χ4v) is 5.33. The van der Waals surface area contributed by atoms with E-state index in [1.807, 2.05) is 18.2 Å². The molecule has 1 amide bonds. The molecule has 0 saturated carbocycles. The predicted molar refractivity (Wildman–Crippen MR) is 162 cm³/mol. The van der Waals surface area contributed by atoms with Crippen LogP contribution < -0.4 is 10.1 Å². The molecule has 3 aromatic carbocycles. The first-order valence-corrected chi connectivity index (χ1v) is 14.2. The number of rotatable bonds is 11. The van der Waals surface area contributed by atoms with Crippen LogP contribution in [0.2, 0.25) is 0 Å². The van der Waals surface area contributed by atoms with Crippen LogP contribution in [0.25, 0.3) is 11.1 Å². The number of aliphatic hydroxyl groups is 1. The average molecular weight is 625 g/mol. The minimum Gasteiger partial charge on any atom is -0.496 e. The highest BCUT2D eigenvalue weighted by molar-refractivity contribution is 5.88. The fourth-order valence-electron chi connectivity index (χ4n) is 5.33. The number of piperidine rings is 1. The molecule has 12 heteroatoms. The number of hydrogen-bond donors (Lipinski definition) is 5. The van der Waals surface area contributed by atoms with Crippen molar-refractivity contribution in [3.05, 3.63) is 89.7 Å². The standard InChI is InChI=1S/C27H29FN2O2.C6H8O7/c1-20(31)29-27(23-11-13-24(28)14-12-23)15-17-30(18-16-27)19-21-7-9-22(10-8-21)25-5-3-4-6-26(25)32-2;7-3(8)1-6(13,5(11)12)2-4(9)10/h3-14H,15-19H2,1-2H3,(H,29,31);13H,1-2H2,(H,7,8)(H,9,10)(H,11,12). The average Bonchev–Trinajstić information content (AvgIpc) is 2.98. The van der Waals surface area contributed by atoms with E-state index in [1.165, 1.54) is 17.7 Å². The van der Waals surface area contributed by atoms with Gasteiger partial charge in [-0.3, -0.25) is 19.3 Å². The predicted octanol–water partition coefficient (Wildman–Crippen LogP) is 3.88. The summed E-state index contributed by atoms with van der Waals surface area (Å²) in [5.74, 6) is -4.48. The summed E-state index contributed by atoms with van der Waals surface area (Å²) in [4.78, 5) is 44.8. The zero-order valence-corrected chi connectivity index (χ0v) is 25.0. The van der Waals surface area contributed by atoms with Gasteiger partial charge in [-0.05, 0) is 47.7 Å². The molecular formula is C33H37FN2O9. The second-order valence-corrected chi connectivity index (χ2v) is 10.9. The summed E-state index contributed by atoms with van der Waals surface area (Å²) >= 11 is 0. The van der Waals surface area contributed by atoms with Crippen molar-refractivity contribution in [2.75, 3.05) is 20.2 Å². The van der Waals surface area contributed by atoms with Crippen LogP contribution in [0, 0.1) is 5.82 Å². The molecule has 3 aromatic rings.